The van der Waals surface area contributed by atoms with Crippen LogP contribution >= 0.6 is 45.2 Å². The van der Waals surface area contributed by atoms with Gasteiger partial charge in [-0.25, -0.2) is 0 Å². The van der Waals surface area contributed by atoms with E-state index >= 15 is 0 Å². The van der Waals surface area contributed by atoms with Crippen molar-refractivity contribution in [3.63, 3.8) is 0 Å². The Labute approximate surface area is 193 Å². The van der Waals surface area contributed by atoms with Gasteiger partial charge in [0.2, 0.25) is 0 Å². The molecule has 2 aromatic rings. The van der Waals surface area contributed by atoms with Gasteiger partial charge in [0.25, 0.3) is 0 Å². The molecule has 0 unspecified atom stereocenters. The van der Waals surface area contributed by atoms with Crippen molar-refractivity contribution < 1.29 is 26.8 Å². The molecule has 5 heteroatoms. The molecule has 2 aliphatic rings. The summed E-state index contributed by atoms with van der Waals surface area (Å²) in [7, 11) is 0. The fraction of sp³-hybridized carbons (Fsp3) is 0.0909. The summed E-state index contributed by atoms with van der Waals surface area (Å²) in [6.07, 6.45) is 14.9. The van der Waals surface area contributed by atoms with E-state index in [1.165, 1.54) is 6.56 Å². The number of allylic oxidation sites excluding steroid dienone is 8. The molecule has 0 aliphatic heterocycles. The molecule has 0 amide bonds. The molecule has 0 heterocycles. The van der Waals surface area contributed by atoms with Gasteiger partial charge < -0.3 is 0 Å². The van der Waals surface area contributed by atoms with Crippen LogP contribution in [0.25, 0.3) is 0 Å². The summed E-state index contributed by atoms with van der Waals surface area (Å²) >= 11 is 0.821. The first-order valence-electron chi connectivity index (χ1n) is 8.78. The van der Waals surface area contributed by atoms with Gasteiger partial charge in [0.05, 0.1) is 0 Å². The van der Waals surface area contributed by atoms with Crippen molar-refractivity contribution in [2.75, 3.05) is 0 Å². The van der Waals surface area contributed by atoms with Crippen molar-refractivity contribution in [3.8, 4) is 11.5 Å². The summed E-state index contributed by atoms with van der Waals surface area (Å²) < 4.78 is 18.7. The van der Waals surface area contributed by atoms with Crippen LogP contribution in [0.1, 0.15) is 12.8 Å². The minimum atomic E-state index is -3.87. The van der Waals surface area contributed by atoms with Gasteiger partial charge in [0.1, 0.15) is 0 Å². The third-order valence-electron chi connectivity index (χ3n) is 4.57. The van der Waals surface area contributed by atoms with E-state index in [2.05, 4.69) is 106 Å². The predicted molar refractivity (Wildman–Crippen MR) is 123 cm³/mol. The summed E-state index contributed by atoms with van der Waals surface area (Å²) in [6, 6.07) is 16.4. The molecular formula is C22H18I2O2Zr. The van der Waals surface area contributed by atoms with Gasteiger partial charge in [-0.2, -0.15) is 0 Å². The van der Waals surface area contributed by atoms with E-state index in [-0.39, 0.29) is 0 Å². The number of para-hydroxylation sites is 2. The Kier molecular flexibility index (Phi) is 6.39. The molecule has 0 N–H and O–H groups in total. The molecule has 0 aromatic heterocycles. The van der Waals surface area contributed by atoms with Crippen molar-refractivity contribution in [2.45, 2.75) is 12.8 Å². The first-order valence-corrected chi connectivity index (χ1v) is 15.4. The first-order chi connectivity index (χ1) is 13.2. The molecule has 27 heavy (non-hydrogen) atoms. The van der Waals surface area contributed by atoms with Crippen molar-refractivity contribution in [2.24, 2.45) is 0 Å². The van der Waals surface area contributed by atoms with Crippen LogP contribution in [-0.2, 0) is 21.1 Å². The van der Waals surface area contributed by atoms with Gasteiger partial charge in [-0.15, -0.1) is 0 Å². The van der Waals surface area contributed by atoms with Gasteiger partial charge in [-0.3, -0.25) is 0 Å². The average Bonchev–Trinajstić information content (AvgIpc) is 3.39. The zero-order chi connectivity index (χ0) is 18.7. The van der Waals surface area contributed by atoms with E-state index in [0.717, 1.165) is 31.5 Å². The second-order valence-corrected chi connectivity index (χ2v) is 15.8. The number of rotatable bonds is 6. The molecule has 136 valence electrons. The van der Waals surface area contributed by atoms with Crippen LogP contribution in [0.3, 0.4) is 0 Å². The Hall–Kier alpha value is -0.657. The normalized spacial score (nSPS) is 15.6. The van der Waals surface area contributed by atoms with E-state index in [9.17, 15) is 0 Å². The predicted octanol–water partition coefficient (Wildman–Crippen LogP) is 7.03. The molecule has 4 rings (SSSR count). The van der Waals surface area contributed by atoms with Crippen LogP contribution in [0.4, 0.5) is 0 Å². The molecule has 2 aliphatic carbocycles. The standard InChI is InChI=1S/2C6H5IO.2C5H5.Zr/c2*7-5-3-1-2-4-6(5)8;2*1-2-4-5-3-1;/h2*1-4,8H;2*1-3H,4H2;/q;;;;+2/p-2. The molecule has 0 saturated carbocycles. The SMILES string of the molecule is Ic1ccccc1[O][Zr]([O]c1ccccc1I)([C]1=CC=CC1)[C]1=CC=CC1. The van der Waals surface area contributed by atoms with E-state index in [0.29, 0.717) is 0 Å². The van der Waals surface area contributed by atoms with Crippen molar-refractivity contribution in [1.82, 2.24) is 0 Å². The maximum absolute atomic E-state index is 6.92. The molecule has 0 bridgehead atoms. The fourth-order valence-corrected chi connectivity index (χ4v) is 13.5. The van der Waals surface area contributed by atoms with E-state index in [1.807, 2.05) is 24.3 Å². The van der Waals surface area contributed by atoms with Crippen LogP contribution in [0.5, 0.6) is 11.5 Å². The minimum absolute atomic E-state index is 0.903. The van der Waals surface area contributed by atoms with Crippen molar-refractivity contribution >= 4 is 45.2 Å². The molecule has 0 fully saturated rings. The second-order valence-electron chi connectivity index (χ2n) is 6.33. The molecule has 2 aromatic carbocycles. The summed E-state index contributed by atoms with van der Waals surface area (Å²) in [5.74, 6) is 1.83. The fourth-order valence-electron chi connectivity index (χ4n) is 3.24. The van der Waals surface area contributed by atoms with E-state index in [4.69, 9.17) is 5.63 Å². The molecule has 0 saturated heterocycles. The Bertz CT molecular complexity index is 896. The van der Waals surface area contributed by atoms with Gasteiger partial charge in [0, 0.05) is 0 Å². The Balaban J connectivity index is 1.84. The second kappa shape index (κ2) is 8.79. The molecule has 2 nitrogen and oxygen atoms in total. The van der Waals surface area contributed by atoms with Gasteiger partial charge >= 0.3 is 195 Å². The number of benzene rings is 2. The third-order valence-corrected chi connectivity index (χ3v) is 14.8. The number of hydrogen-bond donors (Lipinski definition) is 0. The number of hydrogen-bond acceptors (Lipinski definition) is 2. The van der Waals surface area contributed by atoms with Crippen molar-refractivity contribution in [3.05, 3.63) is 98.7 Å². The first kappa shape index (κ1) is 19.7. The Morgan fingerprint density at radius 3 is 1.48 bits per heavy atom. The maximum atomic E-state index is 6.92. The molecular weight excluding hydrogens is 641 g/mol. The third kappa shape index (κ3) is 4.20. The van der Waals surface area contributed by atoms with Crippen LogP contribution in [0.2, 0.25) is 0 Å². The topological polar surface area (TPSA) is 18.5 Å². The zero-order valence-electron chi connectivity index (χ0n) is 14.6. The Morgan fingerprint density at radius 2 is 1.11 bits per heavy atom. The summed E-state index contributed by atoms with van der Waals surface area (Å²) in [5, 5.41) is 0. The quantitative estimate of drug-likeness (QED) is 0.311. The summed E-state index contributed by atoms with van der Waals surface area (Å²) in [4.78, 5) is 0. The molecule has 0 spiro atoms. The van der Waals surface area contributed by atoms with Gasteiger partial charge in [0.15, 0.2) is 0 Å². The van der Waals surface area contributed by atoms with E-state index in [1.54, 1.807) is 0 Å². The van der Waals surface area contributed by atoms with Gasteiger partial charge in [-0.05, 0) is 0 Å². The summed E-state index contributed by atoms with van der Waals surface area (Å²) in [5.41, 5.74) is 0. The molecule has 0 atom stereocenters. The molecule has 0 radical (unpaired) electrons. The van der Waals surface area contributed by atoms with Crippen LogP contribution in [0, 0.1) is 7.14 Å². The zero-order valence-corrected chi connectivity index (χ0v) is 21.3. The number of halogens is 2. The monoisotopic (exact) mass is 658 g/mol. The van der Waals surface area contributed by atoms with Crippen molar-refractivity contribution in [1.29, 1.82) is 0 Å². The van der Waals surface area contributed by atoms with Crippen LogP contribution < -0.4 is 5.63 Å². The van der Waals surface area contributed by atoms with Crippen LogP contribution in [-0.4, -0.2) is 0 Å². The van der Waals surface area contributed by atoms with E-state index < -0.39 is 21.1 Å². The summed E-state index contributed by atoms with van der Waals surface area (Å²) in [6.45, 7) is 0. The van der Waals surface area contributed by atoms with Crippen LogP contribution in [0.15, 0.2) is 91.5 Å². The van der Waals surface area contributed by atoms with Gasteiger partial charge in [-0.1, -0.05) is 0 Å². The average molecular weight is 659 g/mol. The Morgan fingerprint density at radius 1 is 0.667 bits per heavy atom.